The average molecular weight is 1120 g/mol. The van der Waals surface area contributed by atoms with Crippen LogP contribution >= 0.6 is 7.82 Å². The standard InChI is InChI=1S/C69H137N2O6P/c1-6-8-10-12-14-16-18-20-22-24-26-28-30-31-32-33-34-35-36-37-38-39-41-43-45-47-49-51-53-55-57-59-61-63-69(73)70-67(66-77-78(74,75)76-65-64-71(3,4)5)68(72)62-60-58-56-54-52-50-48-46-44-42-40-29-27-25-23-21-19-17-15-13-11-9-7-2/h18,20,24,26,67-68,72H,6-17,19,21-23,25,27-66H2,1-5H3,(H-,70,73,74,75)/p+1/b20-18-,26-24-. The van der Waals surface area contributed by atoms with E-state index in [0.717, 1.165) is 44.9 Å². The predicted molar refractivity (Wildman–Crippen MR) is 342 cm³/mol. The Morgan fingerprint density at radius 2 is 0.731 bits per heavy atom. The zero-order chi connectivity index (χ0) is 57.0. The molecule has 0 saturated carbocycles. The molecule has 0 aliphatic heterocycles. The Balaban J connectivity index is 3.98. The third-order valence-corrected chi connectivity index (χ3v) is 17.2. The Hall–Kier alpha value is -1.02. The third kappa shape index (κ3) is 62.6. The minimum Gasteiger partial charge on any atom is -0.391 e. The summed E-state index contributed by atoms with van der Waals surface area (Å²) in [4.78, 5) is 23.4. The highest BCUT2D eigenvalue weighted by Crippen LogP contribution is 2.43. The summed E-state index contributed by atoms with van der Waals surface area (Å²) in [6.45, 7) is 4.94. The van der Waals surface area contributed by atoms with Crippen LogP contribution in [0.15, 0.2) is 24.3 Å². The quantitative estimate of drug-likeness (QED) is 0.0243. The highest BCUT2D eigenvalue weighted by atomic mass is 31.2. The number of nitrogens with one attached hydrogen (secondary N) is 1. The first-order valence-corrected chi connectivity index (χ1v) is 36.2. The van der Waals surface area contributed by atoms with E-state index >= 15 is 0 Å². The first kappa shape index (κ1) is 77.0. The summed E-state index contributed by atoms with van der Waals surface area (Å²) in [5.74, 6) is -0.136. The van der Waals surface area contributed by atoms with Gasteiger partial charge in [0, 0.05) is 6.42 Å². The molecule has 0 aliphatic rings. The number of hydrogen-bond donors (Lipinski definition) is 3. The van der Waals surface area contributed by atoms with Gasteiger partial charge in [-0.2, -0.15) is 0 Å². The molecule has 3 N–H and O–H groups in total. The van der Waals surface area contributed by atoms with Crippen molar-refractivity contribution in [3.63, 3.8) is 0 Å². The van der Waals surface area contributed by atoms with Gasteiger partial charge in [0.2, 0.25) is 5.91 Å². The molecular formula is C69H138N2O6P+. The summed E-state index contributed by atoms with van der Waals surface area (Å²) in [6.07, 6.45) is 78.5. The average Bonchev–Trinajstić information content (AvgIpc) is 3.41. The lowest BCUT2D eigenvalue weighted by molar-refractivity contribution is -0.870. The fraction of sp³-hybridized carbons (Fsp3) is 0.928. The summed E-state index contributed by atoms with van der Waals surface area (Å²) in [5, 5.41) is 14.1. The molecule has 0 heterocycles. The molecule has 0 aromatic carbocycles. The molecule has 0 spiro atoms. The lowest BCUT2D eigenvalue weighted by Gasteiger charge is -2.26. The zero-order valence-corrected chi connectivity index (χ0v) is 54.1. The molecule has 0 rings (SSSR count). The fourth-order valence-electron chi connectivity index (χ4n) is 10.8. The maximum Gasteiger partial charge on any atom is 0.472 e. The number of carbonyl (C=O) groups excluding carboxylic acids is 1. The molecule has 3 unspecified atom stereocenters. The minimum absolute atomic E-state index is 0.0777. The van der Waals surface area contributed by atoms with Gasteiger partial charge in [0.05, 0.1) is 39.9 Å². The highest BCUT2D eigenvalue weighted by molar-refractivity contribution is 7.47. The SMILES string of the molecule is CCCCCCC/C=C\C/C=C\CCCCCCCCCCCCCCCCCCCCCCCC(=O)NC(COP(=O)(O)OCC[N+](C)(C)C)C(O)CCCCCCCCCCCCCCCCCCCCCCCCC. The summed E-state index contributed by atoms with van der Waals surface area (Å²) in [5.41, 5.74) is 0. The first-order chi connectivity index (χ1) is 38.0. The van der Waals surface area contributed by atoms with Gasteiger partial charge in [0.25, 0.3) is 0 Å². The Bertz CT molecular complexity index is 1320. The lowest BCUT2D eigenvalue weighted by Crippen LogP contribution is -2.46. The van der Waals surface area contributed by atoms with Crippen LogP contribution in [-0.2, 0) is 18.4 Å². The van der Waals surface area contributed by atoms with Gasteiger partial charge in [-0.1, -0.05) is 334 Å². The third-order valence-electron chi connectivity index (χ3n) is 16.2. The molecular weight excluding hydrogens is 984 g/mol. The molecule has 78 heavy (non-hydrogen) atoms. The van der Waals surface area contributed by atoms with Gasteiger partial charge in [-0.15, -0.1) is 0 Å². The Morgan fingerprint density at radius 1 is 0.436 bits per heavy atom. The molecule has 0 radical (unpaired) electrons. The van der Waals surface area contributed by atoms with E-state index in [1.54, 1.807) is 0 Å². The molecule has 0 saturated heterocycles. The Labute approximate surface area is 487 Å². The monoisotopic (exact) mass is 1120 g/mol. The topological polar surface area (TPSA) is 105 Å². The zero-order valence-electron chi connectivity index (χ0n) is 53.2. The summed E-state index contributed by atoms with van der Waals surface area (Å²) >= 11 is 0. The molecule has 8 nitrogen and oxygen atoms in total. The highest BCUT2D eigenvalue weighted by Gasteiger charge is 2.28. The van der Waals surface area contributed by atoms with Crippen molar-refractivity contribution in [3.8, 4) is 0 Å². The van der Waals surface area contributed by atoms with Crippen molar-refractivity contribution in [2.24, 2.45) is 0 Å². The van der Waals surface area contributed by atoms with Gasteiger partial charge in [0.1, 0.15) is 13.2 Å². The minimum atomic E-state index is -4.33. The van der Waals surface area contributed by atoms with Crippen LogP contribution in [0.2, 0.25) is 0 Å². The second kappa shape index (κ2) is 60.6. The van der Waals surface area contributed by atoms with E-state index in [-0.39, 0.29) is 19.1 Å². The maximum absolute atomic E-state index is 13.1. The number of nitrogens with zero attached hydrogens (tertiary/aromatic N) is 1. The van der Waals surface area contributed by atoms with Crippen LogP contribution in [0, 0.1) is 0 Å². The van der Waals surface area contributed by atoms with Gasteiger partial charge in [-0.25, -0.2) is 4.57 Å². The Morgan fingerprint density at radius 3 is 1.05 bits per heavy atom. The number of quaternary nitrogens is 1. The van der Waals surface area contributed by atoms with E-state index in [1.165, 1.54) is 289 Å². The van der Waals surface area contributed by atoms with E-state index in [0.29, 0.717) is 23.9 Å². The largest absolute Gasteiger partial charge is 0.472 e. The molecule has 0 aliphatic carbocycles. The number of rotatable bonds is 65. The number of hydrogen-bond acceptors (Lipinski definition) is 5. The van der Waals surface area contributed by atoms with Crippen LogP contribution in [-0.4, -0.2) is 73.4 Å². The normalized spacial score (nSPS) is 13.8. The van der Waals surface area contributed by atoms with Crippen molar-refractivity contribution in [2.45, 2.75) is 373 Å². The number of likely N-dealkylation sites (N-methyl/N-ethyl adjacent to an activating group) is 1. The second-order valence-electron chi connectivity index (χ2n) is 25.3. The van der Waals surface area contributed by atoms with E-state index in [1.807, 2.05) is 21.1 Å². The van der Waals surface area contributed by atoms with E-state index in [9.17, 15) is 19.4 Å². The number of carbonyl (C=O) groups is 1. The smallest absolute Gasteiger partial charge is 0.391 e. The van der Waals surface area contributed by atoms with E-state index < -0.39 is 20.0 Å². The predicted octanol–water partition coefficient (Wildman–Crippen LogP) is 21.9. The maximum atomic E-state index is 13.1. The summed E-state index contributed by atoms with van der Waals surface area (Å²) in [6, 6.07) is -0.759. The molecule has 0 bridgehead atoms. The summed E-state index contributed by atoms with van der Waals surface area (Å²) < 4.78 is 23.9. The van der Waals surface area contributed by atoms with Crippen LogP contribution in [0.25, 0.3) is 0 Å². The van der Waals surface area contributed by atoms with Crippen molar-refractivity contribution in [1.82, 2.24) is 5.32 Å². The van der Waals surface area contributed by atoms with Crippen molar-refractivity contribution in [2.75, 3.05) is 40.9 Å². The molecule has 0 aromatic heterocycles. The van der Waals surface area contributed by atoms with Crippen LogP contribution in [0.1, 0.15) is 361 Å². The van der Waals surface area contributed by atoms with Gasteiger partial charge in [0.15, 0.2) is 0 Å². The number of aliphatic hydroxyl groups is 1. The van der Waals surface area contributed by atoms with Crippen molar-refractivity contribution in [3.05, 3.63) is 24.3 Å². The number of allylic oxidation sites excluding steroid dienone is 4. The van der Waals surface area contributed by atoms with E-state index in [2.05, 4.69) is 43.5 Å². The first-order valence-electron chi connectivity index (χ1n) is 34.7. The van der Waals surface area contributed by atoms with E-state index in [4.69, 9.17) is 9.05 Å². The molecule has 0 aromatic rings. The van der Waals surface area contributed by atoms with Crippen molar-refractivity contribution in [1.29, 1.82) is 0 Å². The van der Waals surface area contributed by atoms with Crippen LogP contribution in [0.3, 0.4) is 0 Å². The second-order valence-corrected chi connectivity index (χ2v) is 26.7. The summed E-state index contributed by atoms with van der Waals surface area (Å²) in [7, 11) is 1.64. The van der Waals surface area contributed by atoms with Crippen LogP contribution in [0.5, 0.6) is 0 Å². The van der Waals surface area contributed by atoms with Gasteiger partial charge < -0.3 is 19.8 Å². The van der Waals surface area contributed by atoms with Crippen molar-refractivity contribution < 1.29 is 32.9 Å². The van der Waals surface area contributed by atoms with Crippen LogP contribution in [0.4, 0.5) is 0 Å². The molecule has 9 heteroatoms. The van der Waals surface area contributed by atoms with Gasteiger partial charge in [-0.3, -0.25) is 13.8 Å². The molecule has 464 valence electrons. The van der Waals surface area contributed by atoms with Crippen LogP contribution < -0.4 is 5.32 Å². The number of aliphatic hydroxyl groups excluding tert-OH is 1. The Kier molecular flexibility index (Phi) is 59.8. The molecule has 1 amide bonds. The lowest BCUT2D eigenvalue weighted by atomic mass is 10.0. The van der Waals surface area contributed by atoms with Gasteiger partial charge in [-0.05, 0) is 44.9 Å². The van der Waals surface area contributed by atoms with Crippen molar-refractivity contribution >= 4 is 13.7 Å². The van der Waals surface area contributed by atoms with Gasteiger partial charge >= 0.3 is 7.82 Å². The number of phosphoric acid groups is 1. The number of phosphoric ester groups is 1. The number of unbranched alkanes of at least 4 members (excludes halogenated alkanes) is 48. The molecule has 3 atom stereocenters. The number of amides is 1. The molecule has 0 fully saturated rings. The fourth-order valence-corrected chi connectivity index (χ4v) is 11.5.